The Morgan fingerprint density at radius 3 is 2.80 bits per heavy atom. The maximum Gasteiger partial charge on any atom is 0.202 e. The van der Waals surface area contributed by atoms with E-state index >= 15 is 0 Å². The molecule has 1 aliphatic rings. The predicted molar refractivity (Wildman–Crippen MR) is 150 cm³/mol. The van der Waals surface area contributed by atoms with Crippen LogP contribution in [0.5, 0.6) is 0 Å². The molecule has 0 bridgehead atoms. The summed E-state index contributed by atoms with van der Waals surface area (Å²) in [6.07, 6.45) is 6.45. The third kappa shape index (κ3) is 6.20. The number of imidazole rings is 1. The van der Waals surface area contributed by atoms with Crippen LogP contribution in [0.4, 0.5) is 5.82 Å². The molecule has 0 aliphatic carbocycles. The Kier molecular flexibility index (Phi) is 8.37. The fourth-order valence-corrected chi connectivity index (χ4v) is 4.58. The van der Waals surface area contributed by atoms with E-state index < -0.39 is 0 Å². The molecule has 35 heavy (non-hydrogen) atoms. The van der Waals surface area contributed by atoms with E-state index in [0.717, 1.165) is 68.1 Å². The van der Waals surface area contributed by atoms with Crippen molar-refractivity contribution < 1.29 is 0 Å². The molecule has 1 aliphatic heterocycles. The van der Waals surface area contributed by atoms with Gasteiger partial charge in [-0.25, -0.2) is 4.99 Å². The number of aliphatic imine (C=N–C) groups is 2. The smallest absolute Gasteiger partial charge is 0.202 e. The topological polar surface area (TPSA) is 68.7 Å². The summed E-state index contributed by atoms with van der Waals surface area (Å²) in [5.74, 6) is 1.57. The summed E-state index contributed by atoms with van der Waals surface area (Å²) in [6, 6.07) is 14.9. The zero-order chi connectivity index (χ0) is 24.6. The molecule has 2 heterocycles. The number of unbranched alkanes of at least 4 members (excludes halogenated alkanes) is 1. The highest BCUT2D eigenvalue weighted by molar-refractivity contribution is 6.28. The number of halogens is 1. The first-order valence-electron chi connectivity index (χ1n) is 12.2. The first-order chi connectivity index (χ1) is 17.1. The van der Waals surface area contributed by atoms with Gasteiger partial charge in [0, 0.05) is 25.2 Å². The second-order valence-electron chi connectivity index (χ2n) is 8.72. The molecule has 4 rings (SSSR count). The van der Waals surface area contributed by atoms with Crippen LogP contribution >= 0.6 is 11.6 Å². The largest absolute Gasteiger partial charge is 0.370 e. The summed E-state index contributed by atoms with van der Waals surface area (Å²) in [7, 11) is 0. The van der Waals surface area contributed by atoms with E-state index in [0.29, 0.717) is 17.6 Å². The third-order valence-corrected chi connectivity index (χ3v) is 6.40. The number of nitrogens with one attached hydrogen (secondary N) is 2. The van der Waals surface area contributed by atoms with E-state index in [1.54, 1.807) is 6.20 Å². The summed E-state index contributed by atoms with van der Waals surface area (Å²) < 4.78 is 0. The van der Waals surface area contributed by atoms with Crippen molar-refractivity contribution in [1.82, 2.24) is 14.9 Å². The van der Waals surface area contributed by atoms with Gasteiger partial charge < -0.3 is 15.2 Å². The predicted octanol–water partition coefficient (Wildman–Crippen LogP) is 6.72. The Bertz CT molecular complexity index is 1250. The lowest BCUT2D eigenvalue weighted by molar-refractivity contribution is 0.383. The van der Waals surface area contributed by atoms with Crippen LogP contribution in [0.1, 0.15) is 43.9 Å². The van der Waals surface area contributed by atoms with Gasteiger partial charge in [-0.2, -0.15) is 4.98 Å². The maximum absolute atomic E-state index is 6.12. The van der Waals surface area contributed by atoms with E-state index in [2.05, 4.69) is 82.7 Å². The molecule has 182 valence electrons. The minimum Gasteiger partial charge on any atom is -0.370 e. The van der Waals surface area contributed by atoms with E-state index in [1.807, 2.05) is 0 Å². The van der Waals surface area contributed by atoms with Crippen LogP contribution in [0.3, 0.4) is 0 Å². The van der Waals surface area contributed by atoms with E-state index in [1.165, 1.54) is 16.3 Å². The number of anilines is 1. The zero-order valence-corrected chi connectivity index (χ0v) is 21.1. The fraction of sp³-hybridized carbons (Fsp3) is 0.321. The number of benzene rings is 2. The molecule has 0 spiro atoms. The SMILES string of the molecule is C=CNc1nc(Cl)[nH]c1C(=C)N(CCCC)CCCC1=NC(Cc2cccc3ccccc23)=NC1. The minimum atomic E-state index is 0.331. The van der Waals surface area contributed by atoms with Crippen LogP contribution in [0.15, 0.2) is 71.8 Å². The zero-order valence-electron chi connectivity index (χ0n) is 20.4. The number of amidine groups is 1. The van der Waals surface area contributed by atoms with Crippen molar-refractivity contribution in [3.05, 3.63) is 78.4 Å². The Balaban J connectivity index is 1.36. The first-order valence-corrected chi connectivity index (χ1v) is 12.6. The van der Waals surface area contributed by atoms with Gasteiger partial charge in [-0.15, -0.1) is 0 Å². The average molecular weight is 489 g/mol. The summed E-state index contributed by atoms with van der Waals surface area (Å²) in [4.78, 5) is 19.3. The Labute approximate surface area is 212 Å². The molecule has 3 aromatic rings. The maximum atomic E-state index is 6.12. The minimum absolute atomic E-state index is 0.331. The molecule has 0 atom stereocenters. The van der Waals surface area contributed by atoms with Crippen molar-refractivity contribution in [2.75, 3.05) is 25.0 Å². The Morgan fingerprint density at radius 1 is 1.17 bits per heavy atom. The molecule has 0 unspecified atom stereocenters. The molecule has 0 amide bonds. The molecule has 7 heteroatoms. The standard InChI is InChI=1S/C28H33ClN6/c1-4-6-16-35(20(3)26-27(30-5-2)34-28(29)33-26)17-10-14-23-19-31-25(32-23)18-22-13-9-12-21-11-7-8-15-24(21)22/h5,7-9,11-13,15,30H,2-4,6,10,14,16-19H2,1H3,(H,33,34). The van der Waals surface area contributed by atoms with Gasteiger partial charge in [0.1, 0.15) is 11.5 Å². The van der Waals surface area contributed by atoms with Gasteiger partial charge in [-0.3, -0.25) is 4.99 Å². The number of fused-ring (bicyclic) bond motifs is 1. The Morgan fingerprint density at radius 2 is 1.97 bits per heavy atom. The molecule has 1 aromatic heterocycles. The van der Waals surface area contributed by atoms with Crippen molar-refractivity contribution in [3.63, 3.8) is 0 Å². The third-order valence-electron chi connectivity index (χ3n) is 6.22. The van der Waals surface area contributed by atoms with Gasteiger partial charge in [0.15, 0.2) is 5.82 Å². The second kappa shape index (κ2) is 11.8. The highest BCUT2D eigenvalue weighted by Gasteiger charge is 2.18. The summed E-state index contributed by atoms with van der Waals surface area (Å²) in [6.45, 7) is 12.8. The van der Waals surface area contributed by atoms with Crippen LogP contribution in [-0.2, 0) is 6.42 Å². The van der Waals surface area contributed by atoms with E-state index in [9.17, 15) is 0 Å². The fourth-order valence-electron chi connectivity index (χ4n) is 4.40. The van der Waals surface area contributed by atoms with Crippen molar-refractivity contribution in [2.45, 2.75) is 39.0 Å². The number of rotatable bonds is 13. The molecular formula is C28H33ClN6. The number of aromatic nitrogens is 2. The van der Waals surface area contributed by atoms with Crippen molar-refractivity contribution in [3.8, 4) is 0 Å². The van der Waals surface area contributed by atoms with Crippen LogP contribution in [-0.4, -0.2) is 46.0 Å². The molecular weight excluding hydrogens is 456 g/mol. The van der Waals surface area contributed by atoms with Crippen molar-refractivity contribution >= 4 is 45.4 Å². The van der Waals surface area contributed by atoms with E-state index in [-0.39, 0.29) is 0 Å². The lowest BCUT2D eigenvalue weighted by atomic mass is 10.0. The van der Waals surface area contributed by atoms with Gasteiger partial charge in [-0.1, -0.05) is 69.0 Å². The highest BCUT2D eigenvalue weighted by Crippen LogP contribution is 2.26. The lowest BCUT2D eigenvalue weighted by Gasteiger charge is -2.26. The number of hydrogen-bond acceptors (Lipinski definition) is 5. The Hall–Kier alpha value is -3.38. The summed E-state index contributed by atoms with van der Waals surface area (Å²) in [5, 5.41) is 5.90. The van der Waals surface area contributed by atoms with E-state index in [4.69, 9.17) is 21.6 Å². The van der Waals surface area contributed by atoms with Crippen molar-refractivity contribution in [2.24, 2.45) is 9.98 Å². The monoisotopic (exact) mass is 488 g/mol. The molecule has 2 aromatic carbocycles. The van der Waals surface area contributed by atoms with Gasteiger partial charge in [0.2, 0.25) is 5.28 Å². The number of aromatic amines is 1. The molecule has 0 saturated carbocycles. The average Bonchev–Trinajstić information content (AvgIpc) is 3.47. The van der Waals surface area contributed by atoms with Gasteiger partial charge >= 0.3 is 0 Å². The summed E-state index contributed by atoms with van der Waals surface area (Å²) >= 11 is 6.12. The van der Waals surface area contributed by atoms with Crippen LogP contribution < -0.4 is 5.32 Å². The van der Waals surface area contributed by atoms with Crippen LogP contribution in [0.25, 0.3) is 16.5 Å². The summed E-state index contributed by atoms with van der Waals surface area (Å²) in [5.41, 5.74) is 4.10. The van der Waals surface area contributed by atoms with Crippen LogP contribution in [0, 0.1) is 0 Å². The number of H-pyrrole nitrogens is 1. The quantitative estimate of drug-likeness (QED) is 0.280. The molecule has 2 N–H and O–H groups in total. The second-order valence-corrected chi connectivity index (χ2v) is 9.07. The molecule has 0 fully saturated rings. The van der Waals surface area contributed by atoms with Crippen LogP contribution in [0.2, 0.25) is 5.28 Å². The number of nitrogens with zero attached hydrogens (tertiary/aromatic N) is 4. The first kappa shape index (κ1) is 24.7. The van der Waals surface area contributed by atoms with Crippen molar-refractivity contribution in [1.29, 1.82) is 0 Å². The van der Waals surface area contributed by atoms with Gasteiger partial charge in [0.05, 0.1) is 12.2 Å². The number of hydrogen-bond donors (Lipinski definition) is 2. The highest BCUT2D eigenvalue weighted by atomic mass is 35.5. The lowest BCUT2D eigenvalue weighted by Crippen LogP contribution is -2.25. The van der Waals surface area contributed by atoms with Gasteiger partial charge in [-0.05, 0) is 53.4 Å². The normalized spacial score (nSPS) is 13.0. The van der Waals surface area contributed by atoms with Gasteiger partial charge in [0.25, 0.3) is 0 Å². The molecule has 0 radical (unpaired) electrons. The molecule has 6 nitrogen and oxygen atoms in total. The molecule has 0 saturated heterocycles.